The monoisotopic (exact) mass is 1630 g/mol. The van der Waals surface area contributed by atoms with Gasteiger partial charge in [-0.3, -0.25) is 0 Å². The third-order valence-electron chi connectivity index (χ3n) is 26.6. The molecule has 566 valence electrons. The van der Waals surface area contributed by atoms with Gasteiger partial charge in [-0.15, -0.1) is 0 Å². The predicted octanol–water partition coefficient (Wildman–Crippen LogP) is 23.7. The molecule has 20 aromatic rings. The lowest BCUT2D eigenvalue weighted by molar-refractivity contribution is 0.00578. The number of hydrogen-bond acceptors (Lipinski definition) is 8. The molecule has 0 amide bonds. The van der Waals surface area contributed by atoms with Crippen molar-refractivity contribution < 1.29 is 37.2 Å². The Morgan fingerprint density at radius 2 is 0.421 bits per heavy atom. The minimum absolute atomic E-state index is 0.335. The maximum absolute atomic E-state index is 6.36. The second-order valence-corrected chi connectivity index (χ2v) is 37.4. The smallest absolute Gasteiger partial charge is 0.405 e. The number of para-hydroxylation sites is 8. The second kappa shape index (κ2) is 25.6. The Morgan fingerprint density at radius 3 is 0.754 bits per heavy atom. The molecule has 12 heterocycles. The number of fused-ring (bicyclic) bond motifs is 24. The van der Waals surface area contributed by atoms with Crippen LogP contribution in [-0.4, -0.2) is 90.7 Å². The maximum atomic E-state index is 6.36. The molecule has 4 saturated heterocycles. The van der Waals surface area contributed by atoms with E-state index < -0.39 is 14.0 Å². The number of aromatic nitrogens is 4. The van der Waals surface area contributed by atoms with Gasteiger partial charge in [0.25, 0.3) is 0 Å². The fraction of sp³-hybridized carbons (Fsp3) is 0.250. The summed E-state index contributed by atoms with van der Waals surface area (Å²) < 4.78 is 61.0. The number of rotatable bonds is 3. The van der Waals surface area contributed by atoms with Gasteiger partial charge in [-0.1, -0.05) is 202 Å². The summed E-state index contributed by atoms with van der Waals surface area (Å²) in [5.74, 6) is 0. The highest BCUT2D eigenvalue weighted by Crippen LogP contribution is 2.48. The summed E-state index contributed by atoms with van der Waals surface area (Å²) in [6, 6.07) is 87.1. The normalized spacial score (nSPS) is 18.6. The van der Waals surface area contributed by atoms with Gasteiger partial charge in [-0.25, -0.2) is 0 Å². The van der Waals surface area contributed by atoms with Gasteiger partial charge < -0.3 is 54.8 Å². The van der Waals surface area contributed by atoms with Crippen LogP contribution in [0.15, 0.2) is 252 Å². The van der Waals surface area contributed by atoms with Crippen molar-refractivity contribution in [1.82, 2.24) is 17.6 Å². The van der Waals surface area contributed by atoms with Gasteiger partial charge in [0.15, 0.2) is 0 Å². The lowest BCUT2D eigenvalue weighted by atomic mass is 9.49. The van der Waals surface area contributed by atoms with E-state index in [0.29, 0.717) is 0 Å². The largest absolute Gasteiger partial charge is 0.494 e. The summed E-state index contributed by atoms with van der Waals surface area (Å²) in [6.07, 6.45) is 0. The van der Waals surface area contributed by atoms with Crippen LogP contribution in [-0.2, 0) is 37.2 Å². The fourth-order valence-corrected chi connectivity index (χ4v) is 18.8. The molecule has 12 aromatic carbocycles. The van der Waals surface area contributed by atoms with Crippen molar-refractivity contribution in [3.8, 4) is 0 Å². The van der Waals surface area contributed by atoms with Crippen LogP contribution in [0.2, 0.25) is 0 Å². The molecule has 4 aliphatic rings. The molecule has 24 rings (SSSR count). The van der Waals surface area contributed by atoms with Gasteiger partial charge in [0.2, 0.25) is 0 Å². The lowest BCUT2D eigenvalue weighted by Gasteiger charge is -2.32. The molecule has 114 heavy (non-hydrogen) atoms. The third kappa shape index (κ3) is 11.0. The molecule has 12 nitrogen and oxygen atoms in total. The molecular weight excluding hydrogens is 1540 g/mol. The van der Waals surface area contributed by atoms with E-state index in [1.54, 1.807) is 0 Å². The van der Waals surface area contributed by atoms with E-state index in [2.05, 4.69) is 348 Å². The van der Waals surface area contributed by atoms with E-state index in [1.165, 1.54) is 152 Å². The van der Waals surface area contributed by atoms with Gasteiger partial charge in [-0.2, -0.15) is 0 Å². The summed E-state index contributed by atoms with van der Waals surface area (Å²) in [5.41, 5.74) is 14.7. The van der Waals surface area contributed by atoms with Gasteiger partial charge in [0, 0.05) is 95.1 Å². The highest BCUT2D eigenvalue weighted by molar-refractivity contribution is 9.10. The third-order valence-corrected chi connectivity index (χ3v) is 27.6. The number of hydrogen-bond donors (Lipinski definition) is 0. The SMILES string of the molecule is Brc1cc2c3ccccc3n3c4ccccc4c(c1)c23.Brc1ccc2c(c1)c1cccc3c4ccccc4n2c31.CC1(C)OB(B2OC(C)(C)C(C)(C)O2)OC1(C)C.CC1(C)OB(c2cc3c4ccccc4n4c5ccccc5c(c2)c34)OC1(C)C.CC1(C)OB(c2ccc3c(c2)c2cccc4c5ccccc5n3c42)OC1(C)C. The van der Waals surface area contributed by atoms with E-state index in [4.69, 9.17) is 37.2 Å². The first-order valence-electron chi connectivity index (χ1n) is 39.7. The molecule has 0 radical (unpaired) electrons. The van der Waals surface area contributed by atoms with Crippen LogP contribution >= 0.6 is 31.9 Å². The summed E-state index contributed by atoms with van der Waals surface area (Å²) in [4.78, 5) is 0. The predicted molar refractivity (Wildman–Crippen MR) is 483 cm³/mol. The summed E-state index contributed by atoms with van der Waals surface area (Å²) in [6.45, 7) is 33.0. The molecule has 8 aromatic heterocycles. The van der Waals surface area contributed by atoms with Crippen molar-refractivity contribution in [3.63, 3.8) is 0 Å². The highest BCUT2D eigenvalue weighted by Gasteiger charge is 2.64. The average molecular weight is 1630 g/mol. The molecule has 0 atom stereocenters. The first-order valence-corrected chi connectivity index (χ1v) is 41.3. The molecular formula is C96H88B4Br2N4O8. The number of halogens is 2. The van der Waals surface area contributed by atoms with Gasteiger partial charge in [-0.05, 0) is 195 Å². The van der Waals surface area contributed by atoms with Gasteiger partial charge in [0.1, 0.15) is 0 Å². The van der Waals surface area contributed by atoms with Crippen LogP contribution < -0.4 is 10.9 Å². The quantitative estimate of drug-likeness (QED) is 0.162. The first kappa shape index (κ1) is 73.6. The molecule has 0 unspecified atom stereocenters. The van der Waals surface area contributed by atoms with Crippen LogP contribution in [0.4, 0.5) is 0 Å². The number of nitrogens with zero attached hydrogens (tertiary/aromatic N) is 4. The maximum Gasteiger partial charge on any atom is 0.494 e. The van der Waals surface area contributed by atoms with Crippen molar-refractivity contribution in [2.45, 2.75) is 156 Å². The molecule has 4 aliphatic heterocycles. The Hall–Kier alpha value is -9.26. The molecule has 4 fully saturated rings. The van der Waals surface area contributed by atoms with Crippen molar-refractivity contribution in [1.29, 1.82) is 0 Å². The Labute approximate surface area is 680 Å². The standard InChI is InChI=1S/2C24H22BNO2.2C18H10BrN.C12H24B2O4/c1-23(2)24(3,4)28-25(27-23)15-13-18-16-9-5-7-11-20(16)26-21-12-8-6-10-17(21)19(14-15)22(18)26;1-23(2)24(3,4)28-25(27-23)15-12-13-21-19(14-15)18-10-7-9-17-16-8-5-6-11-20(16)26(21)22(17)18;19-11-9-14-12-5-1-3-7-16(12)20-17-8-4-2-6-13(17)15(10-11)18(14)20;19-11-8-9-17-15(10-11)14-6-3-5-13-12-4-1-2-7-16(12)20(17)18(13)14;1-9(2)10(3,4)16-13(15-9)14-17-11(5,6)12(7,8)18-14/h2*5-14H,1-4H3;2*1-10H;1-8H3. The molecule has 0 N–H and O–H groups in total. The van der Waals surface area contributed by atoms with E-state index in [-0.39, 0.29) is 59.0 Å². The molecule has 0 bridgehead atoms. The summed E-state index contributed by atoms with van der Waals surface area (Å²) in [5, 5.41) is 20.8. The van der Waals surface area contributed by atoms with Crippen LogP contribution in [0, 0.1) is 0 Å². The topological polar surface area (TPSA) is 91.5 Å². The zero-order valence-electron chi connectivity index (χ0n) is 67.2. The molecule has 18 heteroatoms. The Morgan fingerprint density at radius 1 is 0.202 bits per heavy atom. The fourth-order valence-electron chi connectivity index (χ4n) is 18.0. The van der Waals surface area contributed by atoms with Gasteiger partial charge >= 0.3 is 28.3 Å². The molecule has 0 aliphatic carbocycles. The van der Waals surface area contributed by atoms with Crippen LogP contribution in [0.1, 0.15) is 111 Å². The lowest BCUT2D eigenvalue weighted by Crippen LogP contribution is -2.41. The zero-order valence-corrected chi connectivity index (χ0v) is 70.4. The summed E-state index contributed by atoms with van der Waals surface area (Å²) >= 11 is 7.25. The van der Waals surface area contributed by atoms with Crippen molar-refractivity contribution in [2.75, 3.05) is 0 Å². The van der Waals surface area contributed by atoms with E-state index in [1.807, 2.05) is 55.4 Å². The van der Waals surface area contributed by atoms with Crippen molar-refractivity contribution in [2.24, 2.45) is 0 Å². The van der Waals surface area contributed by atoms with Crippen LogP contribution in [0.5, 0.6) is 0 Å². The highest BCUT2D eigenvalue weighted by atomic mass is 79.9. The van der Waals surface area contributed by atoms with Gasteiger partial charge in [0.05, 0.1) is 111 Å². The Kier molecular flexibility index (Phi) is 16.5. The van der Waals surface area contributed by atoms with E-state index >= 15 is 0 Å². The molecule has 0 saturated carbocycles. The van der Waals surface area contributed by atoms with Crippen LogP contribution in [0.25, 0.3) is 152 Å². The van der Waals surface area contributed by atoms with Crippen molar-refractivity contribution >= 4 is 223 Å². The van der Waals surface area contributed by atoms with Crippen molar-refractivity contribution in [3.05, 3.63) is 252 Å². The summed E-state index contributed by atoms with van der Waals surface area (Å²) in [7, 11) is -1.65. The minimum atomic E-state index is -0.476. The van der Waals surface area contributed by atoms with E-state index in [9.17, 15) is 0 Å². The zero-order chi connectivity index (χ0) is 79.0. The second-order valence-electron chi connectivity index (χ2n) is 35.5. The Bertz CT molecular complexity index is 6990. The average Bonchev–Trinajstić information content (AvgIpc) is 1.54. The first-order chi connectivity index (χ1) is 54.3. The molecule has 0 spiro atoms. The minimum Gasteiger partial charge on any atom is -0.405 e. The number of benzene rings is 12. The van der Waals surface area contributed by atoms with Crippen LogP contribution in [0.3, 0.4) is 0 Å². The Balaban J connectivity index is 0.0000000935. The van der Waals surface area contributed by atoms with E-state index in [0.717, 1.165) is 19.9 Å².